The summed E-state index contributed by atoms with van der Waals surface area (Å²) < 4.78 is 9.10. The van der Waals surface area contributed by atoms with Gasteiger partial charge in [0.05, 0.1) is 13.4 Å². The van der Waals surface area contributed by atoms with Crippen LogP contribution < -0.4 is 0 Å². The summed E-state index contributed by atoms with van der Waals surface area (Å²) in [6, 6.07) is 3.09. The van der Waals surface area contributed by atoms with Crippen LogP contribution in [0.15, 0.2) is 22.8 Å². The number of Topliss-reactive ketones (excluding diaryl/α,β-unsaturated/α-hetero) is 1. The predicted molar refractivity (Wildman–Crippen MR) is 39.7 cm³/mol. The van der Waals surface area contributed by atoms with Crippen molar-refractivity contribution in [1.29, 1.82) is 0 Å². The van der Waals surface area contributed by atoms with Crippen LogP contribution >= 0.6 is 0 Å². The molecule has 0 aliphatic heterocycles. The zero-order chi connectivity index (χ0) is 8.97. The van der Waals surface area contributed by atoms with Crippen molar-refractivity contribution in [3.05, 3.63) is 24.2 Å². The summed E-state index contributed by atoms with van der Waals surface area (Å²) in [7, 11) is 1.23. The number of ether oxygens (including phenoxy) is 1. The molecule has 0 radical (unpaired) electrons. The second-order valence-corrected chi connectivity index (χ2v) is 2.15. The molecular weight excluding hydrogens is 160 g/mol. The van der Waals surface area contributed by atoms with E-state index < -0.39 is 5.97 Å². The lowest BCUT2D eigenvalue weighted by Gasteiger charge is -1.94. The van der Waals surface area contributed by atoms with Gasteiger partial charge in [-0.05, 0) is 12.1 Å². The lowest BCUT2D eigenvalue weighted by atomic mass is 10.2. The quantitative estimate of drug-likeness (QED) is 0.384. The molecule has 0 amide bonds. The molecular formula is C8H8O4. The van der Waals surface area contributed by atoms with Gasteiger partial charge in [-0.3, -0.25) is 9.59 Å². The van der Waals surface area contributed by atoms with Crippen molar-refractivity contribution in [2.75, 3.05) is 7.11 Å². The van der Waals surface area contributed by atoms with Crippen molar-refractivity contribution in [1.82, 2.24) is 0 Å². The molecule has 4 nitrogen and oxygen atoms in total. The molecule has 0 unspecified atom stereocenters. The van der Waals surface area contributed by atoms with Gasteiger partial charge in [-0.15, -0.1) is 0 Å². The zero-order valence-corrected chi connectivity index (χ0v) is 6.57. The summed E-state index contributed by atoms with van der Waals surface area (Å²) in [4.78, 5) is 21.7. The zero-order valence-electron chi connectivity index (χ0n) is 6.57. The lowest BCUT2D eigenvalue weighted by molar-refractivity contribution is -0.139. The van der Waals surface area contributed by atoms with Crippen LogP contribution in [0, 0.1) is 0 Å². The second-order valence-electron chi connectivity index (χ2n) is 2.15. The fourth-order valence-corrected chi connectivity index (χ4v) is 0.728. The maximum absolute atomic E-state index is 11.1. The normalized spacial score (nSPS) is 9.42. The predicted octanol–water partition coefficient (Wildman–Crippen LogP) is 1.03. The standard InChI is InChI=1S/C8H8O4/c1-11-8(10)5-6(9)7-3-2-4-12-7/h2-4H,5H2,1H3. The Bertz CT molecular complexity index is 273. The third-order valence-electron chi connectivity index (χ3n) is 1.33. The first kappa shape index (κ1) is 8.52. The third-order valence-corrected chi connectivity index (χ3v) is 1.33. The van der Waals surface area contributed by atoms with E-state index in [-0.39, 0.29) is 18.0 Å². The summed E-state index contributed by atoms with van der Waals surface area (Å²) in [6.45, 7) is 0. The number of methoxy groups -OCH3 is 1. The number of hydrogen-bond donors (Lipinski definition) is 0. The van der Waals surface area contributed by atoms with Crippen molar-refractivity contribution in [2.24, 2.45) is 0 Å². The van der Waals surface area contributed by atoms with E-state index in [9.17, 15) is 9.59 Å². The molecule has 0 saturated heterocycles. The molecule has 1 rings (SSSR count). The van der Waals surface area contributed by atoms with Crippen LogP contribution in [0.2, 0.25) is 0 Å². The summed E-state index contributed by atoms with van der Waals surface area (Å²) in [5.74, 6) is -0.747. The fourth-order valence-electron chi connectivity index (χ4n) is 0.728. The minimum Gasteiger partial charge on any atom is -0.469 e. The molecule has 0 aliphatic carbocycles. The largest absolute Gasteiger partial charge is 0.469 e. The van der Waals surface area contributed by atoms with Gasteiger partial charge in [-0.2, -0.15) is 0 Å². The minimum absolute atomic E-state index is 0.181. The number of carbonyl (C=O) groups is 2. The number of rotatable bonds is 3. The van der Waals surface area contributed by atoms with Crippen LogP contribution in [-0.4, -0.2) is 18.9 Å². The average Bonchev–Trinajstić information content (AvgIpc) is 2.56. The van der Waals surface area contributed by atoms with Gasteiger partial charge in [-0.25, -0.2) is 0 Å². The highest BCUT2D eigenvalue weighted by Crippen LogP contribution is 2.04. The molecule has 0 fully saturated rings. The second kappa shape index (κ2) is 3.71. The van der Waals surface area contributed by atoms with Crippen LogP contribution in [0.25, 0.3) is 0 Å². The highest BCUT2D eigenvalue weighted by molar-refractivity contribution is 6.04. The molecule has 0 atom stereocenters. The van der Waals surface area contributed by atoms with Crippen molar-refractivity contribution in [3.8, 4) is 0 Å². The van der Waals surface area contributed by atoms with Crippen molar-refractivity contribution < 1.29 is 18.7 Å². The first-order valence-corrected chi connectivity index (χ1v) is 3.37. The molecule has 64 valence electrons. The number of ketones is 1. The average molecular weight is 168 g/mol. The van der Waals surface area contributed by atoms with Gasteiger partial charge < -0.3 is 9.15 Å². The van der Waals surface area contributed by atoms with Crippen molar-refractivity contribution in [3.63, 3.8) is 0 Å². The highest BCUT2D eigenvalue weighted by atomic mass is 16.5. The van der Waals surface area contributed by atoms with Crippen LogP contribution in [0.3, 0.4) is 0 Å². The van der Waals surface area contributed by atoms with Gasteiger partial charge in [0.2, 0.25) is 5.78 Å². The summed E-state index contributed by atoms with van der Waals surface area (Å²) in [5, 5.41) is 0. The Morgan fingerprint density at radius 2 is 2.33 bits per heavy atom. The van der Waals surface area contributed by atoms with Gasteiger partial charge in [0.15, 0.2) is 5.76 Å². The molecule has 1 aromatic rings. The van der Waals surface area contributed by atoms with Gasteiger partial charge >= 0.3 is 5.97 Å². The first-order valence-electron chi connectivity index (χ1n) is 3.37. The topological polar surface area (TPSA) is 56.5 Å². The minimum atomic E-state index is -0.559. The number of carbonyl (C=O) groups excluding carboxylic acids is 2. The number of furan rings is 1. The van der Waals surface area contributed by atoms with Gasteiger partial charge in [0.1, 0.15) is 6.42 Å². The first-order chi connectivity index (χ1) is 5.74. The van der Waals surface area contributed by atoms with Crippen LogP contribution in [0.1, 0.15) is 17.0 Å². The molecule has 0 aliphatic rings. The van der Waals surface area contributed by atoms with Gasteiger partial charge in [-0.1, -0.05) is 0 Å². The Labute approximate surface area is 69.1 Å². The van der Waals surface area contributed by atoms with Gasteiger partial charge in [0.25, 0.3) is 0 Å². The molecule has 1 aromatic heterocycles. The van der Waals surface area contributed by atoms with E-state index >= 15 is 0 Å². The highest BCUT2D eigenvalue weighted by Gasteiger charge is 2.13. The molecule has 12 heavy (non-hydrogen) atoms. The Hall–Kier alpha value is -1.58. The number of hydrogen-bond acceptors (Lipinski definition) is 4. The van der Waals surface area contributed by atoms with E-state index in [0.29, 0.717) is 0 Å². The molecule has 0 bridgehead atoms. The SMILES string of the molecule is COC(=O)CC(=O)c1ccco1. The van der Waals surface area contributed by atoms with E-state index in [4.69, 9.17) is 4.42 Å². The smallest absolute Gasteiger partial charge is 0.313 e. The van der Waals surface area contributed by atoms with Crippen molar-refractivity contribution >= 4 is 11.8 Å². The van der Waals surface area contributed by atoms with E-state index in [1.54, 1.807) is 6.07 Å². The summed E-state index contributed by atoms with van der Waals surface area (Å²) in [5.41, 5.74) is 0. The molecule has 0 spiro atoms. The third kappa shape index (κ3) is 1.95. The maximum atomic E-state index is 11.1. The summed E-state index contributed by atoms with van der Waals surface area (Å²) >= 11 is 0. The Kier molecular flexibility index (Phi) is 2.63. The van der Waals surface area contributed by atoms with Crippen LogP contribution in [0.5, 0.6) is 0 Å². The molecule has 4 heteroatoms. The van der Waals surface area contributed by atoms with Gasteiger partial charge in [0, 0.05) is 0 Å². The maximum Gasteiger partial charge on any atom is 0.313 e. The van der Waals surface area contributed by atoms with Crippen LogP contribution in [0.4, 0.5) is 0 Å². The molecule has 1 heterocycles. The lowest BCUT2D eigenvalue weighted by Crippen LogP contribution is -2.08. The van der Waals surface area contributed by atoms with Crippen molar-refractivity contribution in [2.45, 2.75) is 6.42 Å². The summed E-state index contributed by atoms with van der Waals surface area (Å²) in [6.07, 6.45) is 1.11. The van der Waals surface area contributed by atoms with E-state index in [2.05, 4.69) is 4.74 Å². The fraction of sp³-hybridized carbons (Fsp3) is 0.250. The molecule has 0 saturated carbocycles. The monoisotopic (exact) mass is 168 g/mol. The van der Waals surface area contributed by atoms with E-state index in [0.717, 1.165) is 0 Å². The molecule has 0 N–H and O–H groups in total. The van der Waals surface area contributed by atoms with E-state index in [1.165, 1.54) is 19.4 Å². The molecule has 0 aromatic carbocycles. The van der Waals surface area contributed by atoms with Crippen LogP contribution in [-0.2, 0) is 9.53 Å². The Balaban J connectivity index is 2.56. The van der Waals surface area contributed by atoms with E-state index in [1.807, 2.05) is 0 Å². The Morgan fingerprint density at radius 1 is 1.58 bits per heavy atom. The Morgan fingerprint density at radius 3 is 2.83 bits per heavy atom. The number of esters is 1.